The fourth-order valence-corrected chi connectivity index (χ4v) is 2.95. The second-order valence-electron chi connectivity index (χ2n) is 4.99. The maximum Gasteiger partial charge on any atom is 0.312 e. The van der Waals surface area contributed by atoms with Crippen LogP contribution in [0.2, 0.25) is 0 Å². The number of fused-ring (bicyclic) bond motifs is 1. The van der Waals surface area contributed by atoms with Crippen LogP contribution in [0.1, 0.15) is 18.4 Å². The zero-order chi connectivity index (χ0) is 15.7. The molecule has 0 fully saturated rings. The molecule has 0 bridgehead atoms. The predicted molar refractivity (Wildman–Crippen MR) is 86.2 cm³/mol. The van der Waals surface area contributed by atoms with Crippen LogP contribution in [-0.4, -0.2) is 13.1 Å². The van der Waals surface area contributed by atoms with Gasteiger partial charge < -0.3 is 9.15 Å². The number of thiophene rings is 1. The third-order valence-electron chi connectivity index (χ3n) is 3.61. The molecule has 0 saturated heterocycles. The summed E-state index contributed by atoms with van der Waals surface area (Å²) in [7, 11) is 1.35. The second kappa shape index (κ2) is 5.77. The first-order chi connectivity index (χ1) is 10.6. The van der Waals surface area contributed by atoms with Crippen molar-refractivity contribution in [3.05, 3.63) is 56.9 Å². The highest BCUT2D eigenvalue weighted by atomic mass is 32.1. The summed E-state index contributed by atoms with van der Waals surface area (Å²) >= 11 is 1.54. The molecular weight excluding hydrogens is 300 g/mol. The largest absolute Gasteiger partial charge is 0.469 e. The average molecular weight is 314 g/mol. The van der Waals surface area contributed by atoms with Gasteiger partial charge in [-0.3, -0.25) is 9.59 Å². The van der Waals surface area contributed by atoms with Gasteiger partial charge in [0.1, 0.15) is 11.3 Å². The molecule has 22 heavy (non-hydrogen) atoms. The zero-order valence-electron chi connectivity index (χ0n) is 12.2. The molecule has 112 valence electrons. The third-order valence-corrected chi connectivity index (χ3v) is 4.29. The van der Waals surface area contributed by atoms with Gasteiger partial charge in [-0.15, -0.1) is 0 Å². The Morgan fingerprint density at radius 2 is 2.09 bits per heavy atom. The van der Waals surface area contributed by atoms with Crippen molar-refractivity contribution in [1.82, 2.24) is 0 Å². The van der Waals surface area contributed by atoms with Gasteiger partial charge >= 0.3 is 5.97 Å². The topological polar surface area (TPSA) is 56.5 Å². The van der Waals surface area contributed by atoms with E-state index in [0.29, 0.717) is 16.7 Å². The van der Waals surface area contributed by atoms with Crippen molar-refractivity contribution < 1.29 is 13.9 Å². The molecule has 3 rings (SSSR count). The van der Waals surface area contributed by atoms with E-state index in [4.69, 9.17) is 9.15 Å². The Hall–Kier alpha value is -2.40. The number of carbonyl (C=O) groups is 1. The number of benzene rings is 1. The molecule has 0 aliphatic heterocycles. The van der Waals surface area contributed by atoms with Gasteiger partial charge in [-0.05, 0) is 36.1 Å². The third kappa shape index (κ3) is 2.55. The Labute approximate surface area is 131 Å². The lowest BCUT2D eigenvalue weighted by molar-refractivity contribution is -0.141. The van der Waals surface area contributed by atoms with E-state index in [1.54, 1.807) is 36.5 Å². The van der Waals surface area contributed by atoms with Gasteiger partial charge in [0, 0.05) is 17.0 Å². The molecule has 4 nitrogen and oxygen atoms in total. The van der Waals surface area contributed by atoms with E-state index in [9.17, 15) is 9.59 Å². The van der Waals surface area contributed by atoms with Crippen LogP contribution in [0.5, 0.6) is 0 Å². The van der Waals surface area contributed by atoms with E-state index >= 15 is 0 Å². The summed E-state index contributed by atoms with van der Waals surface area (Å²) < 4.78 is 10.5. The molecule has 0 aliphatic rings. The first kappa shape index (κ1) is 14.5. The molecule has 1 unspecified atom stereocenters. The first-order valence-corrected chi connectivity index (χ1v) is 7.72. The van der Waals surface area contributed by atoms with E-state index in [1.807, 2.05) is 16.8 Å². The molecule has 0 radical (unpaired) electrons. The highest BCUT2D eigenvalue weighted by Gasteiger charge is 2.17. The monoisotopic (exact) mass is 314 g/mol. The van der Waals surface area contributed by atoms with E-state index in [2.05, 4.69) is 0 Å². The molecule has 0 amide bonds. The van der Waals surface area contributed by atoms with Crippen molar-refractivity contribution in [3.8, 4) is 11.3 Å². The lowest BCUT2D eigenvalue weighted by Gasteiger charge is -2.10. The van der Waals surface area contributed by atoms with Crippen molar-refractivity contribution in [2.24, 2.45) is 0 Å². The Balaban J connectivity index is 2.11. The van der Waals surface area contributed by atoms with E-state index < -0.39 is 5.92 Å². The summed E-state index contributed by atoms with van der Waals surface area (Å²) in [4.78, 5) is 24.0. The molecular formula is C17H14O4S. The first-order valence-electron chi connectivity index (χ1n) is 6.78. The number of carbonyl (C=O) groups excluding carboxylic acids is 1. The van der Waals surface area contributed by atoms with Crippen LogP contribution in [0.15, 0.2) is 50.3 Å². The van der Waals surface area contributed by atoms with E-state index in [1.165, 1.54) is 13.2 Å². The summed E-state index contributed by atoms with van der Waals surface area (Å²) in [6, 6.07) is 8.59. The Morgan fingerprint density at radius 3 is 2.77 bits per heavy atom. The van der Waals surface area contributed by atoms with Gasteiger partial charge in [0.05, 0.1) is 18.4 Å². The minimum Gasteiger partial charge on any atom is -0.469 e. The van der Waals surface area contributed by atoms with Crippen LogP contribution in [0.3, 0.4) is 0 Å². The Bertz CT molecular complexity index is 877. The van der Waals surface area contributed by atoms with E-state index in [0.717, 1.165) is 11.1 Å². The van der Waals surface area contributed by atoms with E-state index in [-0.39, 0.29) is 11.4 Å². The van der Waals surface area contributed by atoms with Crippen molar-refractivity contribution in [2.45, 2.75) is 12.8 Å². The minimum atomic E-state index is -0.426. The molecule has 0 saturated carbocycles. The molecule has 1 aromatic carbocycles. The normalized spacial score (nSPS) is 12.3. The number of esters is 1. The summed E-state index contributed by atoms with van der Waals surface area (Å²) in [5.74, 6) is -0.212. The summed E-state index contributed by atoms with van der Waals surface area (Å²) in [6.45, 7) is 1.74. The van der Waals surface area contributed by atoms with Crippen molar-refractivity contribution in [1.29, 1.82) is 0 Å². The maximum absolute atomic E-state index is 12.3. The Kier molecular flexibility index (Phi) is 3.81. The van der Waals surface area contributed by atoms with Crippen LogP contribution < -0.4 is 5.43 Å². The average Bonchev–Trinajstić information content (AvgIpc) is 3.07. The van der Waals surface area contributed by atoms with Crippen molar-refractivity contribution in [2.75, 3.05) is 7.11 Å². The predicted octanol–water partition coefficient (Wildman–Crippen LogP) is 3.80. The van der Waals surface area contributed by atoms with Crippen molar-refractivity contribution >= 4 is 28.3 Å². The lowest BCUT2D eigenvalue weighted by Crippen LogP contribution is -2.11. The highest BCUT2D eigenvalue weighted by molar-refractivity contribution is 7.08. The molecule has 1 atom stereocenters. The molecule has 0 spiro atoms. The number of methoxy groups -OCH3 is 1. The van der Waals surface area contributed by atoms with Crippen LogP contribution in [0, 0.1) is 0 Å². The molecule has 5 heteroatoms. The number of rotatable bonds is 3. The van der Waals surface area contributed by atoms with Crippen LogP contribution in [0.25, 0.3) is 22.3 Å². The van der Waals surface area contributed by atoms with Crippen molar-refractivity contribution in [3.63, 3.8) is 0 Å². The lowest BCUT2D eigenvalue weighted by atomic mass is 9.99. The molecule has 0 N–H and O–H groups in total. The summed E-state index contributed by atoms with van der Waals surface area (Å²) in [5.41, 5.74) is 2.00. The van der Waals surface area contributed by atoms with Gasteiger partial charge in [0.15, 0.2) is 5.43 Å². The maximum atomic E-state index is 12.3. The fourth-order valence-electron chi connectivity index (χ4n) is 2.30. The van der Waals surface area contributed by atoms with Crippen LogP contribution in [0.4, 0.5) is 0 Å². The van der Waals surface area contributed by atoms with Gasteiger partial charge in [-0.25, -0.2) is 0 Å². The molecule has 2 aromatic heterocycles. The SMILES string of the molecule is COC(=O)C(C)c1ccc2oc(-c3ccsc3)cc(=O)c2c1. The highest BCUT2D eigenvalue weighted by Crippen LogP contribution is 2.26. The Morgan fingerprint density at radius 1 is 1.27 bits per heavy atom. The number of ether oxygens (including phenoxy) is 1. The quantitative estimate of drug-likeness (QED) is 0.690. The van der Waals surface area contributed by atoms with Crippen LogP contribution in [-0.2, 0) is 9.53 Å². The van der Waals surface area contributed by atoms with Gasteiger partial charge in [-0.2, -0.15) is 11.3 Å². The fraction of sp³-hybridized carbons (Fsp3) is 0.176. The zero-order valence-corrected chi connectivity index (χ0v) is 13.0. The standard InChI is InChI=1S/C17H14O4S/c1-10(17(19)20-2)11-3-4-15-13(7-11)14(18)8-16(21-15)12-5-6-22-9-12/h3-10H,1-2H3. The summed E-state index contributed by atoms with van der Waals surface area (Å²) in [6.07, 6.45) is 0. The smallest absolute Gasteiger partial charge is 0.312 e. The van der Waals surface area contributed by atoms with Gasteiger partial charge in [0.2, 0.25) is 0 Å². The molecule has 0 aliphatic carbocycles. The second-order valence-corrected chi connectivity index (χ2v) is 5.77. The number of hydrogen-bond acceptors (Lipinski definition) is 5. The van der Waals surface area contributed by atoms with Gasteiger partial charge in [-0.1, -0.05) is 6.07 Å². The number of hydrogen-bond donors (Lipinski definition) is 0. The molecule has 2 heterocycles. The van der Waals surface area contributed by atoms with Gasteiger partial charge in [0.25, 0.3) is 0 Å². The summed E-state index contributed by atoms with van der Waals surface area (Å²) in [5, 5.41) is 4.32. The van der Waals surface area contributed by atoms with Crippen LogP contribution >= 0.6 is 11.3 Å². The molecule has 3 aromatic rings. The minimum absolute atomic E-state index is 0.124.